The minimum Gasteiger partial charge on any atom is -0.363 e. The predicted molar refractivity (Wildman–Crippen MR) is 67.5 cm³/mol. The second kappa shape index (κ2) is 4.64. The minimum atomic E-state index is -0.691. The van der Waals surface area contributed by atoms with Gasteiger partial charge in [-0.25, -0.2) is 4.39 Å². The van der Waals surface area contributed by atoms with Crippen molar-refractivity contribution < 1.29 is 9.18 Å². The summed E-state index contributed by atoms with van der Waals surface area (Å²) in [6.45, 7) is 3.35. The first-order valence-corrected chi connectivity index (χ1v) is 5.71. The van der Waals surface area contributed by atoms with Crippen LogP contribution in [0.15, 0.2) is 42.6 Å². The van der Waals surface area contributed by atoms with Crippen LogP contribution >= 0.6 is 0 Å². The van der Waals surface area contributed by atoms with Gasteiger partial charge in [-0.2, -0.15) is 0 Å². The van der Waals surface area contributed by atoms with Gasteiger partial charge >= 0.3 is 0 Å². The van der Waals surface area contributed by atoms with Gasteiger partial charge in [0.15, 0.2) is 0 Å². The zero-order valence-electron chi connectivity index (χ0n) is 10.3. The average molecular weight is 246 g/mol. The molecule has 1 atom stereocenters. The van der Waals surface area contributed by atoms with E-state index in [1.807, 2.05) is 19.1 Å². The van der Waals surface area contributed by atoms with Crippen molar-refractivity contribution >= 4 is 5.91 Å². The van der Waals surface area contributed by atoms with Gasteiger partial charge in [-0.15, -0.1) is 0 Å². The van der Waals surface area contributed by atoms with Gasteiger partial charge in [-0.05, 0) is 36.8 Å². The first-order valence-electron chi connectivity index (χ1n) is 5.71. The molecule has 1 amide bonds. The van der Waals surface area contributed by atoms with Crippen LogP contribution in [-0.4, -0.2) is 10.9 Å². The molecule has 0 aliphatic heterocycles. The van der Waals surface area contributed by atoms with E-state index in [2.05, 4.69) is 10.3 Å². The number of aromatic amines is 1. The number of carbonyl (C=O) groups excluding carboxylic acids is 1. The standard InChI is InChI=1S/C14H15FN2O/c1-10(18)17-14(2,13-4-3-9-16-13)11-5-7-12(15)8-6-11/h3-9,16H,1-2H3,(H,17,18). The van der Waals surface area contributed by atoms with Crippen LogP contribution in [0.1, 0.15) is 25.1 Å². The van der Waals surface area contributed by atoms with Crippen LogP contribution in [-0.2, 0) is 10.3 Å². The van der Waals surface area contributed by atoms with Crippen LogP contribution in [0.25, 0.3) is 0 Å². The quantitative estimate of drug-likeness (QED) is 0.859. The van der Waals surface area contributed by atoms with Crippen molar-refractivity contribution in [3.05, 3.63) is 59.7 Å². The molecule has 2 N–H and O–H groups in total. The van der Waals surface area contributed by atoms with Crippen LogP contribution in [0.3, 0.4) is 0 Å². The van der Waals surface area contributed by atoms with Gasteiger partial charge in [0, 0.05) is 18.8 Å². The summed E-state index contributed by atoms with van der Waals surface area (Å²) in [7, 11) is 0. The molecule has 0 spiro atoms. The van der Waals surface area contributed by atoms with Crippen LogP contribution in [0.2, 0.25) is 0 Å². The Morgan fingerprint density at radius 3 is 2.44 bits per heavy atom. The largest absolute Gasteiger partial charge is 0.363 e. The van der Waals surface area contributed by atoms with Crippen LogP contribution in [0, 0.1) is 5.82 Å². The third kappa shape index (κ3) is 2.27. The van der Waals surface area contributed by atoms with Gasteiger partial charge in [0.25, 0.3) is 0 Å². The van der Waals surface area contributed by atoms with Crippen molar-refractivity contribution in [2.75, 3.05) is 0 Å². The number of benzene rings is 1. The highest BCUT2D eigenvalue weighted by atomic mass is 19.1. The van der Waals surface area contributed by atoms with Crippen molar-refractivity contribution in [3.63, 3.8) is 0 Å². The van der Waals surface area contributed by atoms with Gasteiger partial charge < -0.3 is 10.3 Å². The Labute approximate surface area is 105 Å². The molecule has 1 aromatic carbocycles. The van der Waals surface area contributed by atoms with Gasteiger partial charge in [0.1, 0.15) is 11.4 Å². The summed E-state index contributed by atoms with van der Waals surface area (Å²) in [4.78, 5) is 14.5. The molecule has 0 radical (unpaired) electrons. The van der Waals surface area contributed by atoms with E-state index in [1.165, 1.54) is 19.1 Å². The SMILES string of the molecule is CC(=O)NC(C)(c1ccc(F)cc1)c1ccc[nH]1. The van der Waals surface area contributed by atoms with Crippen molar-refractivity contribution in [3.8, 4) is 0 Å². The van der Waals surface area contributed by atoms with E-state index in [-0.39, 0.29) is 11.7 Å². The Hall–Kier alpha value is -2.10. The molecule has 1 heterocycles. The first kappa shape index (κ1) is 12.4. The smallest absolute Gasteiger partial charge is 0.217 e. The number of halogens is 1. The molecule has 0 aliphatic rings. The Morgan fingerprint density at radius 2 is 1.94 bits per heavy atom. The zero-order chi connectivity index (χ0) is 13.2. The number of hydrogen-bond acceptors (Lipinski definition) is 1. The maximum atomic E-state index is 13.0. The number of amides is 1. The molecule has 0 bridgehead atoms. The molecule has 18 heavy (non-hydrogen) atoms. The van der Waals surface area contributed by atoms with E-state index in [9.17, 15) is 9.18 Å². The predicted octanol–water partition coefficient (Wildman–Crippen LogP) is 2.55. The van der Waals surface area contributed by atoms with Crippen molar-refractivity contribution in [1.82, 2.24) is 10.3 Å². The topological polar surface area (TPSA) is 44.9 Å². The highest BCUT2D eigenvalue weighted by Crippen LogP contribution is 2.28. The maximum Gasteiger partial charge on any atom is 0.217 e. The van der Waals surface area contributed by atoms with Crippen molar-refractivity contribution in [1.29, 1.82) is 0 Å². The van der Waals surface area contributed by atoms with E-state index < -0.39 is 5.54 Å². The fourth-order valence-electron chi connectivity index (χ4n) is 2.07. The molecule has 0 fully saturated rings. The molecule has 2 aromatic rings. The van der Waals surface area contributed by atoms with Gasteiger partial charge in [0.05, 0.1) is 0 Å². The van der Waals surface area contributed by atoms with E-state index >= 15 is 0 Å². The second-order valence-electron chi connectivity index (χ2n) is 4.40. The van der Waals surface area contributed by atoms with E-state index in [0.717, 1.165) is 11.3 Å². The van der Waals surface area contributed by atoms with Crippen LogP contribution in [0.4, 0.5) is 4.39 Å². The fourth-order valence-corrected chi connectivity index (χ4v) is 2.07. The van der Waals surface area contributed by atoms with Gasteiger partial charge in [-0.1, -0.05) is 12.1 Å². The highest BCUT2D eigenvalue weighted by molar-refractivity contribution is 5.74. The Morgan fingerprint density at radius 1 is 1.28 bits per heavy atom. The lowest BCUT2D eigenvalue weighted by atomic mass is 9.88. The molecular formula is C14H15FN2O. The number of nitrogens with one attached hydrogen (secondary N) is 2. The zero-order valence-corrected chi connectivity index (χ0v) is 10.3. The van der Waals surface area contributed by atoms with Crippen LogP contribution < -0.4 is 5.32 Å². The number of H-pyrrole nitrogens is 1. The van der Waals surface area contributed by atoms with Crippen molar-refractivity contribution in [2.24, 2.45) is 0 Å². The lowest BCUT2D eigenvalue weighted by molar-refractivity contribution is -0.120. The lowest BCUT2D eigenvalue weighted by Crippen LogP contribution is -2.43. The Bertz CT molecular complexity index is 533. The van der Waals surface area contributed by atoms with E-state index in [0.29, 0.717) is 0 Å². The number of aromatic nitrogens is 1. The van der Waals surface area contributed by atoms with Crippen molar-refractivity contribution in [2.45, 2.75) is 19.4 Å². The molecule has 3 nitrogen and oxygen atoms in total. The highest BCUT2D eigenvalue weighted by Gasteiger charge is 2.30. The molecule has 4 heteroatoms. The first-order chi connectivity index (χ1) is 8.52. The summed E-state index contributed by atoms with van der Waals surface area (Å²) < 4.78 is 13.0. The maximum absolute atomic E-state index is 13.0. The third-order valence-electron chi connectivity index (χ3n) is 2.98. The third-order valence-corrected chi connectivity index (χ3v) is 2.98. The van der Waals surface area contributed by atoms with Gasteiger partial charge in [0.2, 0.25) is 5.91 Å². The fraction of sp³-hybridized carbons (Fsp3) is 0.214. The summed E-state index contributed by atoms with van der Waals surface area (Å²) in [5.41, 5.74) is 0.981. The van der Waals surface area contributed by atoms with Gasteiger partial charge in [-0.3, -0.25) is 4.79 Å². The molecule has 1 unspecified atom stereocenters. The number of rotatable bonds is 3. The lowest BCUT2D eigenvalue weighted by Gasteiger charge is -2.30. The average Bonchev–Trinajstić information content (AvgIpc) is 2.82. The molecule has 0 saturated carbocycles. The molecule has 0 saturated heterocycles. The van der Waals surface area contributed by atoms with E-state index in [1.54, 1.807) is 18.3 Å². The second-order valence-corrected chi connectivity index (χ2v) is 4.40. The normalized spacial score (nSPS) is 13.9. The summed E-state index contributed by atoms with van der Waals surface area (Å²) in [6.07, 6.45) is 1.79. The summed E-state index contributed by atoms with van der Waals surface area (Å²) in [5, 5.41) is 2.90. The summed E-state index contributed by atoms with van der Waals surface area (Å²) in [6, 6.07) is 9.87. The summed E-state index contributed by atoms with van der Waals surface area (Å²) in [5.74, 6) is -0.438. The minimum absolute atomic E-state index is 0.142. The molecule has 0 aliphatic carbocycles. The van der Waals surface area contributed by atoms with Crippen LogP contribution in [0.5, 0.6) is 0 Å². The Kier molecular flexibility index (Phi) is 3.19. The molecular weight excluding hydrogens is 231 g/mol. The molecule has 94 valence electrons. The molecule has 1 aromatic heterocycles. The summed E-state index contributed by atoms with van der Waals surface area (Å²) >= 11 is 0. The number of carbonyl (C=O) groups is 1. The number of hydrogen-bond donors (Lipinski definition) is 2. The van der Waals surface area contributed by atoms with E-state index in [4.69, 9.17) is 0 Å². The monoisotopic (exact) mass is 246 g/mol. The molecule has 2 rings (SSSR count). The Balaban J connectivity index is 2.48.